The molecule has 1 saturated carbocycles. The SMILES string of the molecule is COc1ccc(C(CNC(=S)NC2CCCCC2)N2CCCCC2)cc1. The number of rotatable bonds is 6. The van der Waals surface area contributed by atoms with Gasteiger partial charge in [0, 0.05) is 12.6 Å². The first-order chi connectivity index (χ1) is 12.8. The molecule has 1 heterocycles. The zero-order valence-electron chi connectivity index (χ0n) is 16.0. The predicted octanol–water partition coefficient (Wildman–Crippen LogP) is 4.02. The highest BCUT2D eigenvalue weighted by Gasteiger charge is 2.23. The Balaban J connectivity index is 1.59. The maximum atomic E-state index is 5.58. The van der Waals surface area contributed by atoms with Crippen molar-refractivity contribution in [3.8, 4) is 5.75 Å². The summed E-state index contributed by atoms with van der Waals surface area (Å²) >= 11 is 5.58. The van der Waals surface area contributed by atoms with Gasteiger partial charge < -0.3 is 15.4 Å². The largest absolute Gasteiger partial charge is 0.497 e. The van der Waals surface area contributed by atoms with Crippen molar-refractivity contribution in [2.24, 2.45) is 0 Å². The van der Waals surface area contributed by atoms with E-state index in [4.69, 9.17) is 17.0 Å². The lowest BCUT2D eigenvalue weighted by Crippen LogP contribution is -2.46. The molecule has 0 spiro atoms. The highest BCUT2D eigenvalue weighted by molar-refractivity contribution is 7.80. The number of ether oxygens (including phenoxy) is 1. The molecule has 5 heteroatoms. The van der Waals surface area contributed by atoms with Crippen molar-refractivity contribution in [2.75, 3.05) is 26.7 Å². The van der Waals surface area contributed by atoms with E-state index in [1.807, 2.05) is 0 Å². The van der Waals surface area contributed by atoms with E-state index in [-0.39, 0.29) is 0 Å². The predicted molar refractivity (Wildman–Crippen MR) is 112 cm³/mol. The standard InChI is InChI=1S/C21H33N3OS/c1-25-19-12-10-17(11-13-19)20(24-14-6-3-7-15-24)16-22-21(26)23-18-8-4-2-5-9-18/h10-13,18,20H,2-9,14-16H2,1H3,(H2,22,23,26). The fourth-order valence-corrected chi connectivity index (χ4v) is 4.44. The summed E-state index contributed by atoms with van der Waals surface area (Å²) in [6, 6.07) is 9.41. The summed E-state index contributed by atoms with van der Waals surface area (Å²) in [7, 11) is 1.72. The van der Waals surface area contributed by atoms with Crippen LogP contribution in [0.15, 0.2) is 24.3 Å². The first kappa shape index (κ1) is 19.4. The second kappa shape index (κ2) is 10.1. The number of likely N-dealkylation sites (tertiary alicyclic amines) is 1. The summed E-state index contributed by atoms with van der Waals surface area (Å²) in [4.78, 5) is 2.60. The minimum Gasteiger partial charge on any atom is -0.497 e. The lowest BCUT2D eigenvalue weighted by Gasteiger charge is -2.35. The number of thiocarbonyl (C=S) groups is 1. The van der Waals surface area contributed by atoms with Gasteiger partial charge >= 0.3 is 0 Å². The van der Waals surface area contributed by atoms with E-state index in [2.05, 4.69) is 39.8 Å². The Hall–Kier alpha value is -1.33. The second-order valence-corrected chi connectivity index (χ2v) is 7.98. The normalized spacial score (nSPS) is 20.3. The van der Waals surface area contributed by atoms with E-state index in [1.54, 1.807) is 7.11 Å². The topological polar surface area (TPSA) is 36.5 Å². The van der Waals surface area contributed by atoms with Crippen LogP contribution in [0, 0.1) is 0 Å². The van der Waals surface area contributed by atoms with Gasteiger partial charge in [-0.15, -0.1) is 0 Å². The third kappa shape index (κ3) is 5.58. The Morgan fingerprint density at radius 1 is 1.08 bits per heavy atom. The number of nitrogens with zero attached hydrogens (tertiary/aromatic N) is 1. The maximum absolute atomic E-state index is 5.58. The second-order valence-electron chi connectivity index (χ2n) is 7.57. The molecule has 0 radical (unpaired) electrons. The van der Waals surface area contributed by atoms with Crippen molar-refractivity contribution in [1.82, 2.24) is 15.5 Å². The van der Waals surface area contributed by atoms with Gasteiger partial charge in [-0.2, -0.15) is 0 Å². The minimum atomic E-state index is 0.354. The third-order valence-corrected chi connectivity index (χ3v) is 5.99. The average Bonchev–Trinajstić information content (AvgIpc) is 2.70. The monoisotopic (exact) mass is 375 g/mol. The van der Waals surface area contributed by atoms with Crippen LogP contribution < -0.4 is 15.4 Å². The van der Waals surface area contributed by atoms with E-state index in [1.165, 1.54) is 70.0 Å². The van der Waals surface area contributed by atoms with Gasteiger partial charge in [0.05, 0.1) is 13.2 Å². The zero-order valence-corrected chi connectivity index (χ0v) is 16.8. The molecule has 2 N–H and O–H groups in total. The van der Waals surface area contributed by atoms with Crippen molar-refractivity contribution in [3.63, 3.8) is 0 Å². The minimum absolute atomic E-state index is 0.354. The third-order valence-electron chi connectivity index (χ3n) is 5.73. The Bertz CT molecular complexity index is 551. The molecule has 2 fully saturated rings. The van der Waals surface area contributed by atoms with Crippen molar-refractivity contribution in [2.45, 2.75) is 63.5 Å². The molecule has 1 aliphatic carbocycles. The molecular weight excluding hydrogens is 342 g/mol. The van der Waals surface area contributed by atoms with Crippen LogP contribution in [0.5, 0.6) is 5.75 Å². The maximum Gasteiger partial charge on any atom is 0.166 e. The van der Waals surface area contributed by atoms with Gasteiger partial charge in [0.1, 0.15) is 5.75 Å². The summed E-state index contributed by atoms with van der Waals surface area (Å²) < 4.78 is 5.32. The molecule has 144 valence electrons. The number of hydrogen-bond acceptors (Lipinski definition) is 3. The number of nitrogens with one attached hydrogen (secondary N) is 2. The van der Waals surface area contributed by atoms with E-state index in [0.717, 1.165) is 17.4 Å². The summed E-state index contributed by atoms with van der Waals surface area (Å²) in [5, 5.41) is 7.84. The van der Waals surface area contributed by atoms with E-state index in [9.17, 15) is 0 Å². The zero-order chi connectivity index (χ0) is 18.2. The van der Waals surface area contributed by atoms with Crippen LogP contribution in [0.4, 0.5) is 0 Å². The molecule has 0 amide bonds. The molecule has 0 bridgehead atoms. The van der Waals surface area contributed by atoms with E-state index >= 15 is 0 Å². The molecule has 4 nitrogen and oxygen atoms in total. The fraction of sp³-hybridized carbons (Fsp3) is 0.667. The van der Waals surface area contributed by atoms with Gasteiger partial charge in [-0.3, -0.25) is 4.90 Å². The van der Waals surface area contributed by atoms with Gasteiger partial charge in [0.2, 0.25) is 0 Å². The van der Waals surface area contributed by atoms with Crippen LogP contribution in [-0.4, -0.2) is 42.8 Å². The first-order valence-corrected chi connectivity index (χ1v) is 10.6. The molecule has 3 rings (SSSR count). The lowest BCUT2D eigenvalue weighted by atomic mass is 9.96. The number of piperidine rings is 1. The van der Waals surface area contributed by atoms with Crippen LogP contribution in [0.1, 0.15) is 63.0 Å². The van der Waals surface area contributed by atoms with Gasteiger partial charge in [0.15, 0.2) is 5.11 Å². The number of benzene rings is 1. The Labute approximate surface area is 163 Å². The smallest absolute Gasteiger partial charge is 0.166 e. The first-order valence-electron chi connectivity index (χ1n) is 10.2. The molecule has 0 aromatic heterocycles. The molecule has 2 aliphatic rings. The lowest BCUT2D eigenvalue weighted by molar-refractivity contribution is 0.164. The van der Waals surface area contributed by atoms with Crippen LogP contribution in [0.3, 0.4) is 0 Å². The highest BCUT2D eigenvalue weighted by atomic mass is 32.1. The average molecular weight is 376 g/mol. The molecule has 1 saturated heterocycles. The summed E-state index contributed by atoms with van der Waals surface area (Å²) in [6.07, 6.45) is 10.4. The van der Waals surface area contributed by atoms with Gasteiger partial charge in [-0.1, -0.05) is 37.8 Å². The summed E-state index contributed by atoms with van der Waals surface area (Å²) in [6.45, 7) is 3.19. The van der Waals surface area contributed by atoms with E-state index < -0.39 is 0 Å². The molecule has 1 unspecified atom stereocenters. The Morgan fingerprint density at radius 2 is 1.73 bits per heavy atom. The van der Waals surface area contributed by atoms with Crippen LogP contribution in [0.25, 0.3) is 0 Å². The Morgan fingerprint density at radius 3 is 2.38 bits per heavy atom. The van der Waals surface area contributed by atoms with Gasteiger partial charge in [-0.25, -0.2) is 0 Å². The molecule has 1 aromatic rings. The molecule has 1 aromatic carbocycles. The van der Waals surface area contributed by atoms with E-state index in [0.29, 0.717) is 12.1 Å². The molecule has 1 atom stereocenters. The number of hydrogen-bond donors (Lipinski definition) is 2. The van der Waals surface area contributed by atoms with Crippen molar-refractivity contribution >= 4 is 17.3 Å². The van der Waals surface area contributed by atoms with Crippen LogP contribution in [0.2, 0.25) is 0 Å². The van der Waals surface area contributed by atoms with Gasteiger partial charge in [0.25, 0.3) is 0 Å². The Kier molecular flexibility index (Phi) is 7.56. The van der Waals surface area contributed by atoms with Gasteiger partial charge in [-0.05, 0) is 68.7 Å². The molecular formula is C21H33N3OS. The highest BCUT2D eigenvalue weighted by Crippen LogP contribution is 2.26. The van der Waals surface area contributed by atoms with Crippen molar-refractivity contribution < 1.29 is 4.74 Å². The fourth-order valence-electron chi connectivity index (χ4n) is 4.19. The summed E-state index contributed by atoms with van der Waals surface area (Å²) in [5.41, 5.74) is 1.33. The summed E-state index contributed by atoms with van der Waals surface area (Å²) in [5.74, 6) is 0.911. The van der Waals surface area contributed by atoms with Crippen LogP contribution in [-0.2, 0) is 0 Å². The van der Waals surface area contributed by atoms with Crippen molar-refractivity contribution in [3.05, 3.63) is 29.8 Å². The quantitative estimate of drug-likeness (QED) is 0.735. The van der Waals surface area contributed by atoms with Crippen molar-refractivity contribution in [1.29, 1.82) is 0 Å². The van der Waals surface area contributed by atoms with Crippen LogP contribution >= 0.6 is 12.2 Å². The molecule has 1 aliphatic heterocycles. The molecule has 26 heavy (non-hydrogen) atoms. The number of methoxy groups -OCH3 is 1.